The minimum Gasteiger partial charge on any atom is -0.322 e. The maximum atomic E-state index is 5.86. The van der Waals surface area contributed by atoms with Crippen molar-refractivity contribution in [2.45, 2.75) is 26.1 Å². The van der Waals surface area contributed by atoms with Crippen LogP contribution in [0.4, 0.5) is 0 Å². The van der Waals surface area contributed by atoms with Crippen LogP contribution < -0.4 is 11.1 Å². The number of hydrogen-bond acceptors (Lipinski definition) is 5. The van der Waals surface area contributed by atoms with Gasteiger partial charge in [0.25, 0.3) is 0 Å². The Kier molecular flexibility index (Phi) is 4.53. The van der Waals surface area contributed by atoms with E-state index in [1.807, 2.05) is 24.4 Å². The van der Waals surface area contributed by atoms with E-state index in [1.165, 1.54) is 4.88 Å². The van der Waals surface area contributed by atoms with Gasteiger partial charge in [0, 0.05) is 23.3 Å². The van der Waals surface area contributed by atoms with Crippen LogP contribution in [0.2, 0.25) is 4.34 Å². The largest absolute Gasteiger partial charge is 0.322 e. The molecule has 2 aromatic heterocycles. The zero-order valence-electron chi connectivity index (χ0n) is 9.44. The highest BCUT2D eigenvalue weighted by molar-refractivity contribution is 7.16. The monoisotopic (exact) mass is 287 g/mol. The molecule has 17 heavy (non-hydrogen) atoms. The third-order valence-corrected chi connectivity index (χ3v) is 4.52. The van der Waals surface area contributed by atoms with Crippen LogP contribution in [0.3, 0.4) is 0 Å². The standard InChI is InChI=1S/C11H14ClN3S2/c1-7(13)11-15-8(6-16-11)4-14-5-9-2-3-10(12)17-9/h2-3,6-7,14H,4-5,13H2,1H3. The molecule has 0 amide bonds. The van der Waals surface area contributed by atoms with Gasteiger partial charge >= 0.3 is 0 Å². The van der Waals surface area contributed by atoms with Gasteiger partial charge in [-0.2, -0.15) is 0 Å². The molecule has 0 aromatic carbocycles. The lowest BCUT2D eigenvalue weighted by Crippen LogP contribution is -2.12. The second-order valence-corrected chi connectivity index (χ2v) is 6.46. The van der Waals surface area contributed by atoms with Crippen LogP contribution in [-0.2, 0) is 13.1 Å². The minimum atomic E-state index is 0.0184. The van der Waals surface area contributed by atoms with Crippen molar-refractivity contribution in [3.05, 3.63) is 37.4 Å². The predicted octanol–water partition coefficient (Wildman–Crippen LogP) is 3.17. The van der Waals surface area contributed by atoms with E-state index in [1.54, 1.807) is 22.7 Å². The molecule has 0 aliphatic rings. The average Bonchev–Trinajstić information content (AvgIpc) is 2.88. The first-order chi connectivity index (χ1) is 8.15. The molecule has 2 aromatic rings. The van der Waals surface area contributed by atoms with Crippen molar-refractivity contribution in [1.29, 1.82) is 0 Å². The third-order valence-electron chi connectivity index (χ3n) is 2.19. The van der Waals surface area contributed by atoms with E-state index in [-0.39, 0.29) is 6.04 Å². The summed E-state index contributed by atoms with van der Waals surface area (Å²) < 4.78 is 0.828. The summed E-state index contributed by atoms with van der Waals surface area (Å²) in [6.07, 6.45) is 0. The van der Waals surface area contributed by atoms with Crippen LogP contribution in [0, 0.1) is 0 Å². The van der Waals surface area contributed by atoms with Crippen molar-refractivity contribution in [1.82, 2.24) is 10.3 Å². The molecule has 0 bridgehead atoms. The molecule has 3 nitrogen and oxygen atoms in total. The summed E-state index contributed by atoms with van der Waals surface area (Å²) in [5.74, 6) is 0. The number of nitrogens with one attached hydrogen (secondary N) is 1. The maximum Gasteiger partial charge on any atom is 0.109 e. The minimum absolute atomic E-state index is 0.0184. The van der Waals surface area contributed by atoms with E-state index < -0.39 is 0 Å². The van der Waals surface area contributed by atoms with Crippen LogP contribution in [0.5, 0.6) is 0 Å². The van der Waals surface area contributed by atoms with Crippen molar-refractivity contribution in [2.24, 2.45) is 5.73 Å². The van der Waals surface area contributed by atoms with E-state index in [0.29, 0.717) is 0 Å². The first-order valence-corrected chi connectivity index (χ1v) is 7.37. The Labute approximate surface area is 114 Å². The Bertz CT molecular complexity index is 479. The van der Waals surface area contributed by atoms with Gasteiger partial charge in [-0.25, -0.2) is 4.98 Å². The van der Waals surface area contributed by atoms with Crippen LogP contribution in [-0.4, -0.2) is 4.98 Å². The molecule has 6 heteroatoms. The number of aromatic nitrogens is 1. The first-order valence-electron chi connectivity index (χ1n) is 5.30. The van der Waals surface area contributed by atoms with Gasteiger partial charge in [-0.05, 0) is 19.1 Å². The Balaban J connectivity index is 1.81. The number of nitrogens with zero attached hydrogens (tertiary/aromatic N) is 1. The van der Waals surface area contributed by atoms with Crippen molar-refractivity contribution in [3.63, 3.8) is 0 Å². The fourth-order valence-electron chi connectivity index (χ4n) is 1.37. The SMILES string of the molecule is CC(N)c1nc(CNCc2ccc(Cl)s2)cs1. The van der Waals surface area contributed by atoms with Gasteiger partial charge in [-0.3, -0.25) is 0 Å². The average molecular weight is 288 g/mol. The number of thiophene rings is 1. The molecular weight excluding hydrogens is 274 g/mol. The topological polar surface area (TPSA) is 50.9 Å². The second-order valence-electron chi connectivity index (χ2n) is 3.78. The number of thiazole rings is 1. The molecule has 0 radical (unpaired) electrons. The van der Waals surface area contributed by atoms with E-state index in [9.17, 15) is 0 Å². The summed E-state index contributed by atoms with van der Waals surface area (Å²) >= 11 is 9.07. The number of rotatable bonds is 5. The third kappa shape index (κ3) is 3.76. The van der Waals surface area contributed by atoms with Crippen LogP contribution in [0.25, 0.3) is 0 Å². The molecule has 0 aliphatic heterocycles. The van der Waals surface area contributed by atoms with Gasteiger partial charge in [0.15, 0.2) is 0 Å². The van der Waals surface area contributed by atoms with E-state index in [4.69, 9.17) is 17.3 Å². The smallest absolute Gasteiger partial charge is 0.109 e. The quantitative estimate of drug-likeness (QED) is 0.888. The molecule has 0 saturated carbocycles. The van der Waals surface area contributed by atoms with Crippen molar-refractivity contribution in [3.8, 4) is 0 Å². The van der Waals surface area contributed by atoms with Crippen LogP contribution in [0.1, 0.15) is 28.5 Å². The highest BCUT2D eigenvalue weighted by Gasteiger charge is 2.05. The lowest BCUT2D eigenvalue weighted by molar-refractivity contribution is 0.683. The second kappa shape index (κ2) is 5.93. The van der Waals surface area contributed by atoms with Crippen molar-refractivity contribution >= 4 is 34.3 Å². The highest BCUT2D eigenvalue weighted by Crippen LogP contribution is 2.21. The van der Waals surface area contributed by atoms with E-state index in [2.05, 4.69) is 10.3 Å². The molecule has 2 rings (SSSR count). The summed E-state index contributed by atoms with van der Waals surface area (Å²) in [4.78, 5) is 5.69. The number of halogens is 1. The molecule has 1 unspecified atom stereocenters. The van der Waals surface area contributed by atoms with Gasteiger partial charge in [0.2, 0.25) is 0 Å². The summed E-state index contributed by atoms with van der Waals surface area (Å²) in [6, 6.07) is 3.97. The molecular formula is C11H14ClN3S2. The molecule has 0 saturated heterocycles. The molecule has 2 heterocycles. The highest BCUT2D eigenvalue weighted by atomic mass is 35.5. The summed E-state index contributed by atoms with van der Waals surface area (Å²) in [5.41, 5.74) is 6.81. The molecule has 92 valence electrons. The maximum absolute atomic E-state index is 5.86. The van der Waals surface area contributed by atoms with Gasteiger partial charge in [-0.1, -0.05) is 11.6 Å². The predicted molar refractivity (Wildman–Crippen MR) is 74.6 cm³/mol. The van der Waals surface area contributed by atoms with Gasteiger partial charge < -0.3 is 11.1 Å². The molecule has 0 spiro atoms. The van der Waals surface area contributed by atoms with E-state index >= 15 is 0 Å². The number of hydrogen-bond donors (Lipinski definition) is 2. The molecule has 3 N–H and O–H groups in total. The van der Waals surface area contributed by atoms with Crippen LogP contribution in [0.15, 0.2) is 17.5 Å². The van der Waals surface area contributed by atoms with Crippen molar-refractivity contribution < 1.29 is 0 Å². The lowest BCUT2D eigenvalue weighted by Gasteiger charge is -2.00. The van der Waals surface area contributed by atoms with E-state index in [0.717, 1.165) is 28.1 Å². The zero-order chi connectivity index (χ0) is 12.3. The molecule has 0 fully saturated rings. The summed E-state index contributed by atoms with van der Waals surface area (Å²) in [5, 5.41) is 6.37. The van der Waals surface area contributed by atoms with Gasteiger partial charge in [0.1, 0.15) is 5.01 Å². The van der Waals surface area contributed by atoms with Gasteiger partial charge in [0.05, 0.1) is 16.1 Å². The number of nitrogens with two attached hydrogens (primary N) is 1. The molecule has 0 aliphatic carbocycles. The first kappa shape index (κ1) is 13.0. The fraction of sp³-hybridized carbons (Fsp3) is 0.364. The normalized spacial score (nSPS) is 12.9. The Morgan fingerprint density at radius 1 is 1.47 bits per heavy atom. The Morgan fingerprint density at radius 2 is 2.29 bits per heavy atom. The van der Waals surface area contributed by atoms with Gasteiger partial charge in [-0.15, -0.1) is 22.7 Å². The summed E-state index contributed by atoms with van der Waals surface area (Å²) in [6.45, 7) is 3.53. The van der Waals surface area contributed by atoms with Crippen LogP contribution >= 0.6 is 34.3 Å². The van der Waals surface area contributed by atoms with Crippen molar-refractivity contribution in [2.75, 3.05) is 0 Å². The fourth-order valence-corrected chi connectivity index (χ4v) is 3.21. The Hall–Kier alpha value is -0.460. The Morgan fingerprint density at radius 3 is 2.88 bits per heavy atom. The lowest BCUT2D eigenvalue weighted by atomic mass is 10.4. The summed E-state index contributed by atoms with van der Waals surface area (Å²) in [7, 11) is 0. The zero-order valence-corrected chi connectivity index (χ0v) is 11.8. The molecule has 1 atom stereocenters.